The van der Waals surface area contributed by atoms with E-state index >= 15 is 0 Å². The van der Waals surface area contributed by atoms with Crippen molar-refractivity contribution in [1.82, 2.24) is 0 Å². The molecule has 0 aliphatic heterocycles. The third-order valence-corrected chi connectivity index (χ3v) is 5.57. The van der Waals surface area contributed by atoms with E-state index in [4.69, 9.17) is 0 Å². The number of benzene rings is 1. The normalized spacial score (nSPS) is 32.3. The predicted molar refractivity (Wildman–Crippen MR) is 84.9 cm³/mol. The predicted octanol–water partition coefficient (Wildman–Crippen LogP) is 2.21. The summed E-state index contributed by atoms with van der Waals surface area (Å²) < 4.78 is 0. The summed E-state index contributed by atoms with van der Waals surface area (Å²) in [6, 6.07) is 4.37. The molecule has 0 saturated heterocycles. The SMILES string of the molecule is CC1CC(=O)C2C3=C(CCC2(O)C1)C(=O)c1c(O)cccc1C3=O. The third kappa shape index (κ3) is 1.88. The van der Waals surface area contributed by atoms with Crippen molar-refractivity contribution in [3.05, 3.63) is 40.5 Å². The molecule has 1 aromatic rings. The molecule has 0 bridgehead atoms. The Kier molecular flexibility index (Phi) is 3.09. The molecule has 0 amide bonds. The molecule has 0 heterocycles. The average Bonchev–Trinajstić information content (AvgIpc) is 2.50. The number of carbonyl (C=O) groups excluding carboxylic acids is 3. The summed E-state index contributed by atoms with van der Waals surface area (Å²) in [6.07, 6.45) is 1.29. The molecule has 0 radical (unpaired) electrons. The van der Waals surface area contributed by atoms with E-state index < -0.39 is 23.1 Å². The molecule has 2 N–H and O–H groups in total. The largest absolute Gasteiger partial charge is 0.507 e. The number of allylic oxidation sites excluding steroid dienone is 1. The van der Waals surface area contributed by atoms with Crippen LogP contribution in [-0.2, 0) is 4.79 Å². The Labute approximate surface area is 139 Å². The number of hydrogen-bond acceptors (Lipinski definition) is 5. The van der Waals surface area contributed by atoms with E-state index in [-0.39, 0.29) is 52.6 Å². The van der Waals surface area contributed by atoms with Crippen molar-refractivity contribution in [3.8, 4) is 5.75 Å². The number of phenolic OH excluding ortho intramolecular Hbond substituents is 1. The maximum Gasteiger partial charge on any atom is 0.193 e. The zero-order valence-electron chi connectivity index (χ0n) is 13.3. The first-order valence-electron chi connectivity index (χ1n) is 8.23. The molecule has 5 nitrogen and oxygen atoms in total. The number of ketones is 3. The molecule has 5 heteroatoms. The van der Waals surface area contributed by atoms with Crippen molar-refractivity contribution < 1.29 is 24.6 Å². The maximum absolute atomic E-state index is 13.0. The molecule has 1 fully saturated rings. The highest BCUT2D eigenvalue weighted by atomic mass is 16.3. The van der Waals surface area contributed by atoms with Crippen LogP contribution in [0.2, 0.25) is 0 Å². The van der Waals surface area contributed by atoms with Crippen molar-refractivity contribution in [3.63, 3.8) is 0 Å². The van der Waals surface area contributed by atoms with Crippen molar-refractivity contribution in [2.24, 2.45) is 11.8 Å². The number of aromatic hydroxyl groups is 1. The Morgan fingerprint density at radius 3 is 2.67 bits per heavy atom. The van der Waals surface area contributed by atoms with Gasteiger partial charge in [0.25, 0.3) is 0 Å². The lowest BCUT2D eigenvalue weighted by atomic mass is 9.59. The fourth-order valence-electron chi connectivity index (χ4n) is 4.65. The second-order valence-electron chi connectivity index (χ2n) is 7.27. The van der Waals surface area contributed by atoms with E-state index in [9.17, 15) is 24.6 Å². The molecule has 0 spiro atoms. The van der Waals surface area contributed by atoms with Gasteiger partial charge in [0.05, 0.1) is 17.1 Å². The number of hydrogen-bond donors (Lipinski definition) is 2. The molecular weight excluding hydrogens is 308 g/mol. The van der Waals surface area contributed by atoms with E-state index in [1.165, 1.54) is 18.2 Å². The van der Waals surface area contributed by atoms with Crippen LogP contribution in [0.3, 0.4) is 0 Å². The van der Waals surface area contributed by atoms with Crippen molar-refractivity contribution in [2.75, 3.05) is 0 Å². The van der Waals surface area contributed by atoms with E-state index in [2.05, 4.69) is 0 Å². The van der Waals surface area contributed by atoms with E-state index in [0.29, 0.717) is 12.8 Å². The van der Waals surface area contributed by atoms with Crippen LogP contribution in [0.1, 0.15) is 53.3 Å². The second-order valence-corrected chi connectivity index (χ2v) is 7.27. The van der Waals surface area contributed by atoms with Gasteiger partial charge in [-0.05, 0) is 31.2 Å². The fraction of sp³-hybridized carbons (Fsp3) is 0.421. The van der Waals surface area contributed by atoms with Crippen LogP contribution in [0.4, 0.5) is 0 Å². The van der Waals surface area contributed by atoms with Gasteiger partial charge in [-0.1, -0.05) is 19.1 Å². The Balaban J connectivity index is 1.92. The highest BCUT2D eigenvalue weighted by Crippen LogP contribution is 2.50. The molecule has 0 aromatic heterocycles. The molecule has 1 saturated carbocycles. The van der Waals surface area contributed by atoms with Crippen molar-refractivity contribution in [2.45, 2.75) is 38.2 Å². The Bertz CT molecular complexity index is 834. The number of Topliss-reactive ketones (excluding diaryl/α,β-unsaturated/α-hetero) is 3. The van der Waals surface area contributed by atoms with Gasteiger partial charge in [-0.2, -0.15) is 0 Å². The second kappa shape index (κ2) is 4.86. The monoisotopic (exact) mass is 326 g/mol. The zero-order valence-corrected chi connectivity index (χ0v) is 13.3. The van der Waals surface area contributed by atoms with Crippen molar-refractivity contribution in [1.29, 1.82) is 0 Å². The van der Waals surface area contributed by atoms with Gasteiger partial charge in [-0.3, -0.25) is 14.4 Å². The van der Waals surface area contributed by atoms with Crippen LogP contribution < -0.4 is 0 Å². The molecular formula is C19H18O5. The summed E-state index contributed by atoms with van der Waals surface area (Å²) in [5.41, 5.74) is -0.675. The summed E-state index contributed by atoms with van der Waals surface area (Å²) in [6.45, 7) is 1.91. The van der Waals surface area contributed by atoms with Gasteiger partial charge < -0.3 is 10.2 Å². The van der Waals surface area contributed by atoms with Gasteiger partial charge in [-0.25, -0.2) is 0 Å². The highest BCUT2D eigenvalue weighted by molar-refractivity contribution is 6.29. The summed E-state index contributed by atoms with van der Waals surface area (Å²) in [5.74, 6) is -2.07. The lowest BCUT2D eigenvalue weighted by molar-refractivity contribution is -0.139. The number of rotatable bonds is 0. The van der Waals surface area contributed by atoms with Gasteiger partial charge in [0.1, 0.15) is 11.5 Å². The molecule has 3 unspecified atom stereocenters. The lowest BCUT2D eigenvalue weighted by Crippen LogP contribution is -2.53. The first kappa shape index (κ1) is 15.3. The van der Waals surface area contributed by atoms with E-state index in [1.807, 2.05) is 6.92 Å². The maximum atomic E-state index is 13.0. The minimum absolute atomic E-state index is 0.0170. The van der Waals surface area contributed by atoms with Crippen molar-refractivity contribution >= 4 is 17.3 Å². The molecule has 3 aliphatic carbocycles. The summed E-state index contributed by atoms with van der Waals surface area (Å²) in [5, 5.41) is 21.0. The number of fused-ring (bicyclic) bond motifs is 3. The van der Waals surface area contributed by atoms with Crippen LogP contribution in [0.5, 0.6) is 5.75 Å². The Morgan fingerprint density at radius 1 is 1.17 bits per heavy atom. The smallest absolute Gasteiger partial charge is 0.193 e. The lowest BCUT2D eigenvalue weighted by Gasteiger charge is -2.46. The van der Waals surface area contributed by atoms with E-state index in [0.717, 1.165) is 0 Å². The first-order valence-corrected chi connectivity index (χ1v) is 8.23. The molecule has 3 atom stereocenters. The van der Waals surface area contributed by atoms with Gasteiger partial charge in [0, 0.05) is 23.1 Å². The molecule has 24 heavy (non-hydrogen) atoms. The number of aliphatic hydroxyl groups is 1. The zero-order chi connectivity index (χ0) is 17.2. The summed E-state index contributed by atoms with van der Waals surface area (Å²) in [4.78, 5) is 38.4. The Hall–Kier alpha value is -2.27. The first-order chi connectivity index (χ1) is 11.3. The molecule has 1 aromatic carbocycles. The standard InChI is InChI=1S/C19H18O5/c1-9-7-13(21)16-15-11(5-6-19(16,24)8-9)17(22)14-10(18(15)23)3-2-4-12(14)20/h2-4,9,16,20,24H,5-8H2,1H3. The minimum atomic E-state index is -1.25. The third-order valence-electron chi connectivity index (χ3n) is 5.57. The van der Waals surface area contributed by atoms with Gasteiger partial charge >= 0.3 is 0 Å². The van der Waals surface area contributed by atoms with Crippen LogP contribution in [0.25, 0.3) is 0 Å². The van der Waals surface area contributed by atoms with Gasteiger partial charge in [0.2, 0.25) is 0 Å². The average molecular weight is 326 g/mol. The quantitative estimate of drug-likeness (QED) is 0.762. The molecule has 124 valence electrons. The molecule has 4 rings (SSSR count). The van der Waals surface area contributed by atoms with Gasteiger partial charge in [0.15, 0.2) is 11.6 Å². The van der Waals surface area contributed by atoms with Crippen LogP contribution >= 0.6 is 0 Å². The number of carbonyl (C=O) groups is 3. The van der Waals surface area contributed by atoms with Crippen LogP contribution in [-0.4, -0.2) is 33.2 Å². The Morgan fingerprint density at radius 2 is 1.92 bits per heavy atom. The van der Waals surface area contributed by atoms with E-state index in [1.54, 1.807) is 0 Å². The minimum Gasteiger partial charge on any atom is -0.507 e. The fourth-order valence-corrected chi connectivity index (χ4v) is 4.65. The number of phenols is 1. The topological polar surface area (TPSA) is 91.7 Å². The van der Waals surface area contributed by atoms with Crippen LogP contribution in [0, 0.1) is 11.8 Å². The highest BCUT2D eigenvalue weighted by Gasteiger charge is 2.54. The summed E-state index contributed by atoms with van der Waals surface area (Å²) >= 11 is 0. The summed E-state index contributed by atoms with van der Waals surface area (Å²) in [7, 11) is 0. The van der Waals surface area contributed by atoms with Gasteiger partial charge in [-0.15, -0.1) is 0 Å². The van der Waals surface area contributed by atoms with Crippen LogP contribution in [0.15, 0.2) is 29.3 Å². The molecule has 3 aliphatic rings.